The van der Waals surface area contributed by atoms with E-state index in [4.69, 9.17) is 16.3 Å². The Morgan fingerprint density at radius 1 is 1.06 bits per heavy atom. The largest absolute Gasteiger partial charge is 0.494 e. The molecule has 2 heteroatoms. The maximum atomic E-state index is 6.16. The molecule has 1 unspecified atom stereocenters. The summed E-state index contributed by atoms with van der Waals surface area (Å²) in [6.07, 6.45) is 7.00. The predicted molar refractivity (Wildman–Crippen MR) is 75.0 cm³/mol. The number of para-hydroxylation sites is 1. The van der Waals surface area contributed by atoms with Crippen LogP contribution in [0.5, 0.6) is 5.75 Å². The van der Waals surface area contributed by atoms with Crippen LogP contribution in [0.25, 0.3) is 0 Å². The van der Waals surface area contributed by atoms with Crippen molar-refractivity contribution >= 4 is 11.6 Å². The number of benzene rings is 1. The number of hydrogen-bond donors (Lipinski definition) is 0. The van der Waals surface area contributed by atoms with Crippen molar-refractivity contribution in [3.63, 3.8) is 0 Å². The highest BCUT2D eigenvalue weighted by Gasteiger charge is 2.02. The average molecular weight is 255 g/mol. The molecule has 17 heavy (non-hydrogen) atoms. The number of ether oxygens (including phenoxy) is 1. The quantitative estimate of drug-likeness (QED) is 0.443. The van der Waals surface area contributed by atoms with Crippen molar-refractivity contribution in [2.45, 2.75) is 50.8 Å². The minimum atomic E-state index is 0.370. The van der Waals surface area contributed by atoms with Crippen LogP contribution in [0.1, 0.15) is 45.4 Å². The van der Waals surface area contributed by atoms with Crippen LogP contribution in [0.3, 0.4) is 0 Å². The molecular formula is C15H23ClO. The Hall–Kier alpha value is -0.690. The van der Waals surface area contributed by atoms with Crippen molar-refractivity contribution in [3.8, 4) is 5.75 Å². The van der Waals surface area contributed by atoms with Gasteiger partial charge in [0.25, 0.3) is 0 Å². The molecule has 1 atom stereocenters. The van der Waals surface area contributed by atoms with Gasteiger partial charge in [-0.2, -0.15) is 0 Å². The normalized spacial score (nSPS) is 12.4. The van der Waals surface area contributed by atoms with E-state index in [2.05, 4.69) is 6.92 Å². The smallest absolute Gasteiger partial charge is 0.119 e. The second kappa shape index (κ2) is 9.35. The minimum Gasteiger partial charge on any atom is -0.494 e. The fraction of sp³-hybridized carbons (Fsp3) is 0.600. The number of halogens is 1. The summed E-state index contributed by atoms with van der Waals surface area (Å²) in [6.45, 7) is 2.99. The second-order valence-electron chi connectivity index (χ2n) is 4.40. The summed E-state index contributed by atoms with van der Waals surface area (Å²) in [6, 6.07) is 9.99. The third-order valence-corrected chi connectivity index (χ3v) is 3.21. The first-order valence-electron chi connectivity index (χ1n) is 6.65. The molecule has 0 bridgehead atoms. The van der Waals surface area contributed by atoms with E-state index in [1.54, 1.807) is 0 Å². The molecule has 96 valence electrons. The highest BCUT2D eigenvalue weighted by Crippen LogP contribution is 2.14. The van der Waals surface area contributed by atoms with Crippen LogP contribution in [0.2, 0.25) is 0 Å². The fourth-order valence-electron chi connectivity index (χ4n) is 1.81. The molecule has 1 rings (SSSR count). The third-order valence-electron chi connectivity index (χ3n) is 2.78. The molecule has 0 heterocycles. The molecule has 0 amide bonds. The lowest BCUT2D eigenvalue weighted by atomic mass is 10.1. The van der Waals surface area contributed by atoms with E-state index < -0.39 is 0 Å². The van der Waals surface area contributed by atoms with Gasteiger partial charge in [0.15, 0.2) is 0 Å². The van der Waals surface area contributed by atoms with Crippen LogP contribution in [0.4, 0.5) is 0 Å². The summed E-state index contributed by atoms with van der Waals surface area (Å²) in [5.74, 6) is 0.966. The number of alkyl halides is 1. The van der Waals surface area contributed by atoms with Crippen molar-refractivity contribution in [1.29, 1.82) is 0 Å². The van der Waals surface area contributed by atoms with Crippen LogP contribution in [0.15, 0.2) is 30.3 Å². The zero-order valence-electron chi connectivity index (χ0n) is 10.7. The van der Waals surface area contributed by atoms with Gasteiger partial charge in [-0.3, -0.25) is 0 Å². The van der Waals surface area contributed by atoms with E-state index in [1.165, 1.54) is 19.3 Å². The van der Waals surface area contributed by atoms with Gasteiger partial charge in [-0.05, 0) is 31.4 Å². The summed E-state index contributed by atoms with van der Waals surface area (Å²) in [7, 11) is 0. The van der Waals surface area contributed by atoms with Gasteiger partial charge in [-0.25, -0.2) is 0 Å². The molecule has 1 aromatic carbocycles. The Bertz CT molecular complexity index is 274. The zero-order valence-corrected chi connectivity index (χ0v) is 11.5. The third kappa shape index (κ3) is 7.27. The molecule has 0 aliphatic heterocycles. The van der Waals surface area contributed by atoms with Gasteiger partial charge in [0, 0.05) is 5.38 Å². The second-order valence-corrected chi connectivity index (χ2v) is 5.01. The number of unbranched alkanes of at least 4 members (excludes halogenated alkanes) is 2. The summed E-state index contributed by atoms with van der Waals surface area (Å²) in [5, 5.41) is 0.370. The van der Waals surface area contributed by atoms with Gasteiger partial charge >= 0.3 is 0 Å². The molecule has 0 aromatic heterocycles. The van der Waals surface area contributed by atoms with E-state index in [1.807, 2.05) is 30.3 Å². The van der Waals surface area contributed by atoms with Crippen molar-refractivity contribution < 1.29 is 4.74 Å². The van der Waals surface area contributed by atoms with Gasteiger partial charge < -0.3 is 4.74 Å². The van der Waals surface area contributed by atoms with Crippen molar-refractivity contribution in [3.05, 3.63) is 30.3 Å². The van der Waals surface area contributed by atoms with Crippen molar-refractivity contribution in [2.75, 3.05) is 6.61 Å². The lowest BCUT2D eigenvalue weighted by Crippen LogP contribution is -2.00. The Balaban J connectivity index is 1.95. The molecule has 0 N–H and O–H groups in total. The van der Waals surface area contributed by atoms with E-state index in [0.717, 1.165) is 31.6 Å². The lowest BCUT2D eigenvalue weighted by Gasteiger charge is -2.08. The van der Waals surface area contributed by atoms with Crippen molar-refractivity contribution in [2.24, 2.45) is 0 Å². The maximum absolute atomic E-state index is 6.16. The molecule has 0 aliphatic carbocycles. The molecule has 0 radical (unpaired) electrons. The Morgan fingerprint density at radius 2 is 1.82 bits per heavy atom. The SMILES string of the molecule is CCCC(Cl)CCCCCOc1ccccc1. The summed E-state index contributed by atoms with van der Waals surface area (Å²) < 4.78 is 5.63. The van der Waals surface area contributed by atoms with E-state index in [9.17, 15) is 0 Å². The number of hydrogen-bond acceptors (Lipinski definition) is 1. The van der Waals surface area contributed by atoms with Gasteiger partial charge in [0.1, 0.15) is 5.75 Å². The standard InChI is InChI=1S/C15H23ClO/c1-2-9-14(16)10-5-4-8-13-17-15-11-6-3-7-12-15/h3,6-7,11-12,14H,2,4-5,8-10,13H2,1H3. The van der Waals surface area contributed by atoms with Crippen LogP contribution in [0, 0.1) is 0 Å². The van der Waals surface area contributed by atoms with Gasteiger partial charge in [0.05, 0.1) is 6.61 Å². The predicted octanol–water partition coefficient (Wildman–Crippen LogP) is 5.03. The first-order chi connectivity index (χ1) is 8.33. The molecular weight excluding hydrogens is 232 g/mol. The molecule has 0 aliphatic rings. The average Bonchev–Trinajstić information content (AvgIpc) is 2.35. The van der Waals surface area contributed by atoms with Crippen LogP contribution >= 0.6 is 11.6 Å². The first-order valence-corrected chi connectivity index (χ1v) is 7.08. The van der Waals surface area contributed by atoms with Gasteiger partial charge in [-0.1, -0.05) is 44.4 Å². The van der Waals surface area contributed by atoms with E-state index in [-0.39, 0.29) is 0 Å². The Morgan fingerprint density at radius 3 is 2.53 bits per heavy atom. The summed E-state index contributed by atoms with van der Waals surface area (Å²) in [4.78, 5) is 0. The highest BCUT2D eigenvalue weighted by molar-refractivity contribution is 6.20. The fourth-order valence-corrected chi connectivity index (χ4v) is 2.18. The minimum absolute atomic E-state index is 0.370. The Kier molecular flexibility index (Phi) is 7.91. The monoisotopic (exact) mass is 254 g/mol. The number of rotatable bonds is 9. The van der Waals surface area contributed by atoms with Crippen LogP contribution in [-0.4, -0.2) is 12.0 Å². The van der Waals surface area contributed by atoms with Gasteiger partial charge in [-0.15, -0.1) is 11.6 Å². The highest BCUT2D eigenvalue weighted by atomic mass is 35.5. The molecule has 0 saturated carbocycles. The van der Waals surface area contributed by atoms with Crippen LogP contribution in [-0.2, 0) is 0 Å². The summed E-state index contributed by atoms with van der Waals surface area (Å²) in [5.41, 5.74) is 0. The van der Waals surface area contributed by atoms with E-state index in [0.29, 0.717) is 5.38 Å². The van der Waals surface area contributed by atoms with Crippen molar-refractivity contribution in [1.82, 2.24) is 0 Å². The molecule has 0 fully saturated rings. The maximum Gasteiger partial charge on any atom is 0.119 e. The lowest BCUT2D eigenvalue weighted by molar-refractivity contribution is 0.304. The molecule has 0 saturated heterocycles. The molecule has 1 nitrogen and oxygen atoms in total. The summed E-state index contributed by atoms with van der Waals surface area (Å²) >= 11 is 6.16. The van der Waals surface area contributed by atoms with Crippen LogP contribution < -0.4 is 4.74 Å². The van der Waals surface area contributed by atoms with Gasteiger partial charge in [0.2, 0.25) is 0 Å². The first kappa shape index (κ1) is 14.4. The molecule has 0 spiro atoms. The Labute approximate surface area is 110 Å². The molecule has 1 aromatic rings. The topological polar surface area (TPSA) is 9.23 Å². The zero-order chi connectivity index (χ0) is 12.3. The van der Waals surface area contributed by atoms with E-state index >= 15 is 0 Å².